The Bertz CT molecular complexity index is 343. The molecule has 0 aliphatic heterocycles. The van der Waals surface area contributed by atoms with Crippen molar-refractivity contribution in [3.05, 3.63) is 18.3 Å². The number of nitrogens with one attached hydrogen (secondary N) is 1. The summed E-state index contributed by atoms with van der Waals surface area (Å²) in [5, 5.41) is 13.1. The Balaban J connectivity index is 1.86. The summed E-state index contributed by atoms with van der Waals surface area (Å²) < 4.78 is 0. The van der Waals surface area contributed by atoms with Crippen LogP contribution in [0.3, 0.4) is 0 Å². The predicted octanol–water partition coefficient (Wildman–Crippen LogP) is 1.63. The van der Waals surface area contributed by atoms with E-state index in [9.17, 15) is 5.11 Å². The molecule has 4 N–H and O–H groups in total. The van der Waals surface area contributed by atoms with Crippen LogP contribution in [0.5, 0.6) is 0 Å². The lowest BCUT2D eigenvalue weighted by Crippen LogP contribution is -2.30. The molecule has 4 nitrogen and oxygen atoms in total. The van der Waals surface area contributed by atoms with Crippen LogP contribution in [-0.4, -0.2) is 22.7 Å². The molecule has 1 fully saturated rings. The first-order chi connectivity index (χ1) is 7.75. The fourth-order valence-corrected chi connectivity index (χ4v) is 2.21. The van der Waals surface area contributed by atoms with Gasteiger partial charge in [0.2, 0.25) is 0 Å². The molecule has 1 aliphatic carbocycles. The molecule has 4 heteroatoms. The number of nitrogens with two attached hydrogens (primary N) is 1. The molecule has 1 aliphatic rings. The van der Waals surface area contributed by atoms with Crippen LogP contribution in [0.2, 0.25) is 0 Å². The van der Waals surface area contributed by atoms with Gasteiger partial charge < -0.3 is 16.2 Å². The largest absolute Gasteiger partial charge is 0.399 e. The summed E-state index contributed by atoms with van der Waals surface area (Å²) in [6.07, 6.45) is 5.91. The first-order valence-electron chi connectivity index (χ1n) is 5.89. The number of rotatable bonds is 3. The van der Waals surface area contributed by atoms with Gasteiger partial charge in [0, 0.05) is 30.4 Å². The molecule has 0 saturated heterocycles. The van der Waals surface area contributed by atoms with Gasteiger partial charge in [-0.3, -0.25) is 0 Å². The zero-order chi connectivity index (χ0) is 11.4. The average molecular weight is 221 g/mol. The topological polar surface area (TPSA) is 71.2 Å². The number of anilines is 2. The van der Waals surface area contributed by atoms with E-state index >= 15 is 0 Å². The van der Waals surface area contributed by atoms with Crippen LogP contribution < -0.4 is 11.1 Å². The lowest BCUT2D eigenvalue weighted by molar-refractivity contribution is 0.0763. The molecule has 0 spiro atoms. The second kappa shape index (κ2) is 5.16. The molecule has 0 amide bonds. The highest BCUT2D eigenvalue weighted by molar-refractivity contribution is 5.48. The summed E-state index contributed by atoms with van der Waals surface area (Å²) in [7, 11) is 0. The average Bonchev–Trinajstić information content (AvgIpc) is 2.28. The normalized spacial score (nSPS) is 25.3. The van der Waals surface area contributed by atoms with Crippen molar-refractivity contribution in [2.75, 3.05) is 17.6 Å². The predicted molar refractivity (Wildman–Crippen MR) is 65.1 cm³/mol. The van der Waals surface area contributed by atoms with Crippen molar-refractivity contribution < 1.29 is 5.11 Å². The van der Waals surface area contributed by atoms with E-state index in [-0.39, 0.29) is 6.10 Å². The fraction of sp³-hybridized carbons (Fsp3) is 0.583. The minimum absolute atomic E-state index is 0.165. The maximum atomic E-state index is 9.82. The lowest BCUT2D eigenvalue weighted by atomic mass is 9.86. The van der Waals surface area contributed by atoms with Crippen LogP contribution in [0.25, 0.3) is 0 Å². The highest BCUT2D eigenvalue weighted by atomic mass is 16.3. The molecule has 1 aromatic rings. The van der Waals surface area contributed by atoms with Gasteiger partial charge in [-0.1, -0.05) is 12.8 Å². The van der Waals surface area contributed by atoms with Crippen LogP contribution in [0.1, 0.15) is 25.7 Å². The minimum atomic E-state index is -0.165. The third kappa shape index (κ3) is 2.85. The first kappa shape index (κ1) is 11.2. The van der Waals surface area contributed by atoms with Gasteiger partial charge in [-0.2, -0.15) is 0 Å². The summed E-state index contributed by atoms with van der Waals surface area (Å²) >= 11 is 0. The van der Waals surface area contributed by atoms with E-state index in [1.54, 1.807) is 12.3 Å². The van der Waals surface area contributed by atoms with Gasteiger partial charge in [-0.05, 0) is 18.9 Å². The van der Waals surface area contributed by atoms with Gasteiger partial charge in [-0.15, -0.1) is 0 Å². The van der Waals surface area contributed by atoms with E-state index in [2.05, 4.69) is 10.3 Å². The van der Waals surface area contributed by atoms with Crippen LogP contribution >= 0.6 is 0 Å². The molecule has 1 aromatic heterocycles. The van der Waals surface area contributed by atoms with Crippen molar-refractivity contribution in [1.29, 1.82) is 0 Å². The molecule has 0 radical (unpaired) electrons. The van der Waals surface area contributed by atoms with Crippen molar-refractivity contribution in [3.63, 3.8) is 0 Å². The van der Waals surface area contributed by atoms with E-state index in [4.69, 9.17) is 5.73 Å². The monoisotopic (exact) mass is 221 g/mol. The van der Waals surface area contributed by atoms with E-state index in [0.717, 1.165) is 31.6 Å². The zero-order valence-electron chi connectivity index (χ0n) is 9.39. The summed E-state index contributed by atoms with van der Waals surface area (Å²) in [6.45, 7) is 0.775. The molecule has 0 aromatic carbocycles. The Kier molecular flexibility index (Phi) is 3.62. The number of nitrogens with zero attached hydrogens (tertiary/aromatic N) is 1. The Morgan fingerprint density at radius 1 is 1.44 bits per heavy atom. The van der Waals surface area contributed by atoms with Crippen molar-refractivity contribution >= 4 is 11.5 Å². The molecule has 1 saturated carbocycles. The number of pyridine rings is 1. The lowest BCUT2D eigenvalue weighted by Gasteiger charge is -2.27. The van der Waals surface area contributed by atoms with Gasteiger partial charge >= 0.3 is 0 Å². The molecule has 16 heavy (non-hydrogen) atoms. The first-order valence-corrected chi connectivity index (χ1v) is 5.89. The number of aliphatic hydroxyl groups excluding tert-OH is 1. The second-order valence-corrected chi connectivity index (χ2v) is 4.47. The van der Waals surface area contributed by atoms with Gasteiger partial charge in [0.1, 0.15) is 5.82 Å². The summed E-state index contributed by atoms with van der Waals surface area (Å²) in [5.74, 6) is 1.13. The number of hydrogen-bond acceptors (Lipinski definition) is 4. The van der Waals surface area contributed by atoms with Crippen molar-refractivity contribution in [1.82, 2.24) is 4.98 Å². The fourth-order valence-electron chi connectivity index (χ4n) is 2.21. The van der Waals surface area contributed by atoms with Crippen LogP contribution in [0.15, 0.2) is 18.3 Å². The van der Waals surface area contributed by atoms with Crippen LogP contribution in [0.4, 0.5) is 11.5 Å². The number of nitrogen functional groups attached to an aromatic ring is 1. The van der Waals surface area contributed by atoms with Gasteiger partial charge in [0.25, 0.3) is 0 Å². The molecule has 2 rings (SSSR count). The van der Waals surface area contributed by atoms with Crippen molar-refractivity contribution in [2.24, 2.45) is 5.92 Å². The SMILES string of the molecule is Nc1ccnc(NCC2CCCCC2O)c1. The van der Waals surface area contributed by atoms with E-state index < -0.39 is 0 Å². The highest BCUT2D eigenvalue weighted by Crippen LogP contribution is 2.24. The summed E-state index contributed by atoms with van der Waals surface area (Å²) in [4.78, 5) is 4.18. The maximum absolute atomic E-state index is 9.82. The third-order valence-electron chi connectivity index (χ3n) is 3.20. The highest BCUT2D eigenvalue weighted by Gasteiger charge is 2.22. The Morgan fingerprint density at radius 2 is 2.25 bits per heavy atom. The Hall–Kier alpha value is -1.29. The molecule has 0 bridgehead atoms. The Labute approximate surface area is 95.9 Å². The van der Waals surface area contributed by atoms with Gasteiger partial charge in [0.15, 0.2) is 0 Å². The molecule has 2 unspecified atom stereocenters. The smallest absolute Gasteiger partial charge is 0.127 e. The van der Waals surface area contributed by atoms with Crippen molar-refractivity contribution in [3.8, 4) is 0 Å². The summed E-state index contributed by atoms with van der Waals surface area (Å²) in [5.41, 5.74) is 6.38. The second-order valence-electron chi connectivity index (χ2n) is 4.47. The molecule has 88 valence electrons. The third-order valence-corrected chi connectivity index (χ3v) is 3.20. The molecule has 1 heterocycles. The van der Waals surface area contributed by atoms with E-state index in [0.29, 0.717) is 11.6 Å². The van der Waals surface area contributed by atoms with Crippen LogP contribution in [0, 0.1) is 5.92 Å². The van der Waals surface area contributed by atoms with Crippen molar-refractivity contribution in [2.45, 2.75) is 31.8 Å². The molecule has 2 atom stereocenters. The number of hydrogen-bond donors (Lipinski definition) is 3. The molecular weight excluding hydrogens is 202 g/mol. The van der Waals surface area contributed by atoms with Crippen LogP contribution in [-0.2, 0) is 0 Å². The maximum Gasteiger partial charge on any atom is 0.127 e. The number of aliphatic hydroxyl groups is 1. The summed E-state index contributed by atoms with van der Waals surface area (Å²) in [6, 6.07) is 3.58. The standard InChI is InChI=1S/C12H19N3O/c13-10-5-6-14-12(7-10)15-8-9-3-1-2-4-11(9)16/h5-7,9,11,16H,1-4,8H2,(H3,13,14,15). The number of aromatic nitrogens is 1. The van der Waals surface area contributed by atoms with Gasteiger partial charge in [-0.25, -0.2) is 4.98 Å². The molecular formula is C12H19N3O. The quantitative estimate of drug-likeness (QED) is 0.725. The zero-order valence-corrected chi connectivity index (χ0v) is 9.39. The van der Waals surface area contributed by atoms with E-state index in [1.165, 1.54) is 6.42 Å². The van der Waals surface area contributed by atoms with Gasteiger partial charge in [0.05, 0.1) is 6.10 Å². The van der Waals surface area contributed by atoms with E-state index in [1.807, 2.05) is 6.07 Å². The Morgan fingerprint density at radius 3 is 3.00 bits per heavy atom. The minimum Gasteiger partial charge on any atom is -0.399 e.